The first-order valence-electron chi connectivity index (χ1n) is 5.36. The summed E-state index contributed by atoms with van der Waals surface area (Å²) in [4.78, 5) is 4.54. The first kappa shape index (κ1) is 10.8. The Morgan fingerprint density at radius 3 is 2.50 bits per heavy atom. The van der Waals surface area contributed by atoms with Crippen molar-refractivity contribution in [3.05, 3.63) is 53.2 Å². The molecular formula is C14H15NO. The molecular weight excluding hydrogens is 198 g/mol. The van der Waals surface area contributed by atoms with E-state index in [2.05, 4.69) is 11.1 Å². The number of benzene rings is 1. The summed E-state index contributed by atoms with van der Waals surface area (Å²) in [6.45, 7) is 4.09. The van der Waals surface area contributed by atoms with Crippen LogP contribution in [0.1, 0.15) is 16.8 Å². The lowest BCUT2D eigenvalue weighted by Gasteiger charge is -2.08. The van der Waals surface area contributed by atoms with Gasteiger partial charge in [0.05, 0.1) is 12.3 Å². The smallest absolute Gasteiger partial charge is 0.0709 e. The number of aliphatic hydroxyl groups excluding tert-OH is 1. The van der Waals surface area contributed by atoms with Crippen LogP contribution in [-0.2, 0) is 6.61 Å². The quantitative estimate of drug-likeness (QED) is 0.832. The molecule has 1 N–H and O–H groups in total. The third-order valence-electron chi connectivity index (χ3n) is 2.81. The molecule has 0 spiro atoms. The van der Waals surface area contributed by atoms with Crippen molar-refractivity contribution >= 4 is 0 Å². The van der Waals surface area contributed by atoms with Gasteiger partial charge >= 0.3 is 0 Å². The normalized spacial score (nSPS) is 10.4. The Hall–Kier alpha value is -1.67. The van der Waals surface area contributed by atoms with E-state index in [-0.39, 0.29) is 6.61 Å². The molecule has 0 atom stereocenters. The molecule has 82 valence electrons. The van der Waals surface area contributed by atoms with E-state index in [0.29, 0.717) is 0 Å². The molecule has 0 aliphatic heterocycles. The summed E-state index contributed by atoms with van der Waals surface area (Å²) in [5, 5.41) is 9.28. The molecule has 0 fully saturated rings. The van der Waals surface area contributed by atoms with Crippen LogP contribution < -0.4 is 0 Å². The number of nitrogens with zero attached hydrogens (tertiary/aromatic N) is 1. The van der Waals surface area contributed by atoms with Gasteiger partial charge in [-0.15, -0.1) is 0 Å². The van der Waals surface area contributed by atoms with Gasteiger partial charge in [-0.1, -0.05) is 30.3 Å². The minimum atomic E-state index is 0.0464. The molecule has 0 aliphatic rings. The minimum absolute atomic E-state index is 0.0464. The predicted molar refractivity (Wildman–Crippen MR) is 65.1 cm³/mol. The van der Waals surface area contributed by atoms with Gasteiger partial charge in [0.1, 0.15) is 0 Å². The first-order valence-corrected chi connectivity index (χ1v) is 5.36. The molecule has 2 nitrogen and oxygen atoms in total. The molecule has 0 unspecified atom stereocenters. The van der Waals surface area contributed by atoms with Crippen molar-refractivity contribution in [3.63, 3.8) is 0 Å². The minimum Gasteiger partial charge on any atom is -0.392 e. The molecule has 0 saturated heterocycles. The van der Waals surface area contributed by atoms with Crippen molar-refractivity contribution in [2.45, 2.75) is 20.5 Å². The van der Waals surface area contributed by atoms with Crippen LogP contribution in [-0.4, -0.2) is 10.1 Å². The number of pyridine rings is 1. The van der Waals surface area contributed by atoms with Crippen LogP contribution in [0.4, 0.5) is 0 Å². The van der Waals surface area contributed by atoms with E-state index in [9.17, 15) is 5.11 Å². The molecule has 2 heteroatoms. The lowest BCUT2D eigenvalue weighted by molar-refractivity contribution is 0.282. The summed E-state index contributed by atoms with van der Waals surface area (Å²) in [5.41, 5.74) is 5.06. The second-order valence-corrected chi connectivity index (χ2v) is 3.91. The summed E-state index contributed by atoms with van der Waals surface area (Å²) >= 11 is 0. The van der Waals surface area contributed by atoms with Crippen LogP contribution in [0.2, 0.25) is 0 Å². The van der Waals surface area contributed by atoms with Crippen molar-refractivity contribution < 1.29 is 5.11 Å². The molecule has 2 rings (SSSR count). The zero-order valence-electron chi connectivity index (χ0n) is 9.57. The van der Waals surface area contributed by atoms with Crippen molar-refractivity contribution in [1.29, 1.82) is 0 Å². The van der Waals surface area contributed by atoms with Crippen LogP contribution in [0.5, 0.6) is 0 Å². The van der Waals surface area contributed by atoms with Gasteiger partial charge in [-0.3, -0.25) is 4.98 Å². The van der Waals surface area contributed by atoms with E-state index >= 15 is 0 Å². The van der Waals surface area contributed by atoms with E-state index < -0.39 is 0 Å². The fourth-order valence-corrected chi connectivity index (χ4v) is 1.69. The van der Waals surface area contributed by atoms with Crippen molar-refractivity contribution in [2.24, 2.45) is 0 Å². The topological polar surface area (TPSA) is 33.1 Å². The molecule has 1 aromatic heterocycles. The van der Waals surface area contributed by atoms with Crippen molar-refractivity contribution in [1.82, 2.24) is 4.98 Å². The van der Waals surface area contributed by atoms with Crippen LogP contribution in [0, 0.1) is 13.8 Å². The average molecular weight is 213 g/mol. The van der Waals surface area contributed by atoms with E-state index in [4.69, 9.17) is 0 Å². The van der Waals surface area contributed by atoms with Crippen LogP contribution in [0.15, 0.2) is 36.4 Å². The van der Waals surface area contributed by atoms with Crippen molar-refractivity contribution in [3.8, 4) is 11.3 Å². The molecule has 0 radical (unpaired) electrons. The molecule has 0 saturated carbocycles. The SMILES string of the molecule is Cc1ccc(-c2ccccc2CO)nc1C. The Bertz CT molecular complexity index is 506. The van der Waals surface area contributed by atoms with Gasteiger partial charge in [0.15, 0.2) is 0 Å². The Labute approximate surface area is 95.6 Å². The highest BCUT2D eigenvalue weighted by atomic mass is 16.3. The fourth-order valence-electron chi connectivity index (χ4n) is 1.69. The standard InChI is InChI=1S/C14H15NO/c1-10-7-8-14(15-11(10)2)13-6-4-3-5-12(13)9-16/h3-8,16H,9H2,1-2H3. The number of hydrogen-bond donors (Lipinski definition) is 1. The third-order valence-corrected chi connectivity index (χ3v) is 2.81. The van der Waals surface area contributed by atoms with Gasteiger partial charge in [0.2, 0.25) is 0 Å². The molecule has 2 aromatic rings. The number of aromatic nitrogens is 1. The summed E-state index contributed by atoms with van der Waals surface area (Å²) in [7, 11) is 0. The maximum absolute atomic E-state index is 9.28. The lowest BCUT2D eigenvalue weighted by Crippen LogP contribution is -1.94. The van der Waals surface area contributed by atoms with Gasteiger partial charge in [-0.2, -0.15) is 0 Å². The molecule has 16 heavy (non-hydrogen) atoms. The highest BCUT2D eigenvalue weighted by Gasteiger charge is 2.05. The molecule has 0 bridgehead atoms. The Morgan fingerprint density at radius 1 is 1.06 bits per heavy atom. The molecule has 1 aromatic carbocycles. The fraction of sp³-hybridized carbons (Fsp3) is 0.214. The van der Waals surface area contributed by atoms with E-state index in [1.807, 2.05) is 44.2 Å². The summed E-state index contributed by atoms with van der Waals surface area (Å²) < 4.78 is 0. The highest BCUT2D eigenvalue weighted by Crippen LogP contribution is 2.22. The average Bonchev–Trinajstić information content (AvgIpc) is 2.32. The third kappa shape index (κ3) is 1.97. The number of aliphatic hydroxyl groups is 1. The molecule has 0 amide bonds. The van der Waals surface area contributed by atoms with Crippen LogP contribution in [0.25, 0.3) is 11.3 Å². The maximum atomic E-state index is 9.28. The second-order valence-electron chi connectivity index (χ2n) is 3.91. The zero-order valence-corrected chi connectivity index (χ0v) is 9.57. The number of hydrogen-bond acceptors (Lipinski definition) is 2. The monoisotopic (exact) mass is 213 g/mol. The van der Waals surface area contributed by atoms with Gasteiger partial charge in [-0.05, 0) is 31.0 Å². The molecule has 0 aliphatic carbocycles. The summed E-state index contributed by atoms with van der Waals surface area (Å²) in [6, 6.07) is 11.9. The van der Waals surface area contributed by atoms with E-state index in [1.165, 1.54) is 5.56 Å². The van der Waals surface area contributed by atoms with Gasteiger partial charge in [0, 0.05) is 11.3 Å². The predicted octanol–water partition coefficient (Wildman–Crippen LogP) is 2.86. The summed E-state index contributed by atoms with van der Waals surface area (Å²) in [6.07, 6.45) is 0. The van der Waals surface area contributed by atoms with Crippen LogP contribution >= 0.6 is 0 Å². The van der Waals surface area contributed by atoms with E-state index in [0.717, 1.165) is 22.5 Å². The van der Waals surface area contributed by atoms with Crippen molar-refractivity contribution in [2.75, 3.05) is 0 Å². The van der Waals surface area contributed by atoms with E-state index in [1.54, 1.807) is 0 Å². The largest absolute Gasteiger partial charge is 0.392 e. The van der Waals surface area contributed by atoms with Gasteiger partial charge in [0.25, 0.3) is 0 Å². The Balaban J connectivity index is 2.54. The lowest BCUT2D eigenvalue weighted by atomic mass is 10.0. The maximum Gasteiger partial charge on any atom is 0.0709 e. The van der Waals surface area contributed by atoms with Crippen LogP contribution in [0.3, 0.4) is 0 Å². The van der Waals surface area contributed by atoms with Gasteiger partial charge < -0.3 is 5.11 Å². The summed E-state index contributed by atoms with van der Waals surface area (Å²) in [5.74, 6) is 0. The Kier molecular flexibility index (Phi) is 3.02. The highest BCUT2D eigenvalue weighted by molar-refractivity contribution is 5.63. The van der Waals surface area contributed by atoms with Gasteiger partial charge in [-0.25, -0.2) is 0 Å². The zero-order chi connectivity index (χ0) is 11.5. The number of aryl methyl sites for hydroxylation is 2. The number of rotatable bonds is 2. The first-order chi connectivity index (χ1) is 7.72. The second kappa shape index (κ2) is 4.45. The molecule has 1 heterocycles. The Morgan fingerprint density at radius 2 is 1.81 bits per heavy atom.